The van der Waals surface area contributed by atoms with Gasteiger partial charge >= 0.3 is 0 Å². The standard InChI is InChI=1S/C14H19ClN2O2/c1-9-6-12(13(19-3)7-11(9)15)16-8-14(18)17(2)10-4-5-10/h6-7,10,16H,4-5,8H2,1-3H3. The molecule has 1 aliphatic carbocycles. The topological polar surface area (TPSA) is 41.6 Å². The first kappa shape index (κ1) is 14.0. The number of rotatable bonds is 5. The van der Waals surface area contributed by atoms with Gasteiger partial charge in [-0.2, -0.15) is 0 Å². The molecule has 0 saturated heterocycles. The molecule has 1 saturated carbocycles. The number of amides is 1. The van der Waals surface area contributed by atoms with Crippen LogP contribution in [0, 0.1) is 6.92 Å². The Morgan fingerprint density at radius 1 is 1.53 bits per heavy atom. The fraction of sp³-hybridized carbons (Fsp3) is 0.500. The Bertz CT molecular complexity index is 487. The summed E-state index contributed by atoms with van der Waals surface area (Å²) in [7, 11) is 3.44. The van der Waals surface area contributed by atoms with Crippen molar-refractivity contribution in [2.75, 3.05) is 26.0 Å². The normalized spacial score (nSPS) is 14.1. The van der Waals surface area contributed by atoms with Crippen molar-refractivity contribution in [2.24, 2.45) is 0 Å². The second-order valence-corrected chi connectivity index (χ2v) is 5.30. The fourth-order valence-corrected chi connectivity index (χ4v) is 2.08. The summed E-state index contributed by atoms with van der Waals surface area (Å²) in [4.78, 5) is 13.8. The maximum Gasteiger partial charge on any atom is 0.241 e. The molecule has 0 heterocycles. The second kappa shape index (κ2) is 5.70. The number of carbonyl (C=O) groups is 1. The lowest BCUT2D eigenvalue weighted by molar-refractivity contribution is -0.128. The molecule has 19 heavy (non-hydrogen) atoms. The Hall–Kier alpha value is -1.42. The Morgan fingerprint density at radius 2 is 2.21 bits per heavy atom. The zero-order valence-corrected chi connectivity index (χ0v) is 12.3. The lowest BCUT2D eigenvalue weighted by Gasteiger charge is -2.18. The van der Waals surface area contributed by atoms with E-state index in [1.165, 1.54) is 0 Å². The van der Waals surface area contributed by atoms with Crippen LogP contribution in [0.5, 0.6) is 5.75 Å². The molecule has 104 valence electrons. The molecule has 1 aromatic rings. The van der Waals surface area contributed by atoms with E-state index in [1.54, 1.807) is 13.2 Å². The van der Waals surface area contributed by atoms with Gasteiger partial charge in [0.25, 0.3) is 0 Å². The van der Waals surface area contributed by atoms with Crippen molar-refractivity contribution >= 4 is 23.2 Å². The quantitative estimate of drug-likeness (QED) is 0.903. The predicted octanol–water partition coefficient (Wildman–Crippen LogP) is 2.69. The third kappa shape index (κ3) is 3.32. The zero-order valence-electron chi connectivity index (χ0n) is 11.5. The first-order chi connectivity index (χ1) is 9.02. The number of hydrogen-bond acceptors (Lipinski definition) is 3. The van der Waals surface area contributed by atoms with E-state index < -0.39 is 0 Å². The molecule has 0 atom stereocenters. The van der Waals surface area contributed by atoms with E-state index in [0.717, 1.165) is 24.1 Å². The van der Waals surface area contributed by atoms with Gasteiger partial charge in [0.15, 0.2) is 0 Å². The number of aryl methyl sites for hydroxylation is 1. The highest BCUT2D eigenvalue weighted by molar-refractivity contribution is 6.31. The Kier molecular flexibility index (Phi) is 4.20. The van der Waals surface area contributed by atoms with Crippen molar-refractivity contribution < 1.29 is 9.53 Å². The van der Waals surface area contributed by atoms with E-state index in [2.05, 4.69) is 5.32 Å². The van der Waals surface area contributed by atoms with Gasteiger partial charge in [0.05, 0.1) is 19.3 Å². The largest absolute Gasteiger partial charge is 0.495 e. The number of methoxy groups -OCH3 is 1. The van der Waals surface area contributed by atoms with E-state index in [9.17, 15) is 4.79 Å². The van der Waals surface area contributed by atoms with Gasteiger partial charge in [-0.25, -0.2) is 0 Å². The van der Waals surface area contributed by atoms with Crippen LogP contribution in [0.25, 0.3) is 0 Å². The first-order valence-corrected chi connectivity index (χ1v) is 6.74. The maximum atomic E-state index is 11.9. The van der Waals surface area contributed by atoms with Gasteiger partial charge in [-0.15, -0.1) is 0 Å². The molecule has 0 radical (unpaired) electrons. The smallest absolute Gasteiger partial charge is 0.241 e. The fourth-order valence-electron chi connectivity index (χ4n) is 1.93. The highest BCUT2D eigenvalue weighted by Gasteiger charge is 2.29. The molecule has 4 nitrogen and oxygen atoms in total. The van der Waals surface area contributed by atoms with Crippen molar-refractivity contribution in [3.8, 4) is 5.75 Å². The lowest BCUT2D eigenvalue weighted by atomic mass is 10.2. The van der Waals surface area contributed by atoms with Crippen LogP contribution in [-0.4, -0.2) is 37.6 Å². The highest BCUT2D eigenvalue weighted by atomic mass is 35.5. The number of halogens is 1. The zero-order chi connectivity index (χ0) is 14.0. The van der Waals surface area contributed by atoms with Gasteiger partial charge in [0.1, 0.15) is 5.75 Å². The monoisotopic (exact) mass is 282 g/mol. The third-order valence-electron chi connectivity index (χ3n) is 3.40. The van der Waals surface area contributed by atoms with Gasteiger partial charge in [-0.05, 0) is 31.4 Å². The lowest BCUT2D eigenvalue weighted by Crippen LogP contribution is -2.33. The molecule has 0 aliphatic heterocycles. The minimum atomic E-state index is 0.0946. The van der Waals surface area contributed by atoms with Gasteiger partial charge in [-0.3, -0.25) is 4.79 Å². The van der Waals surface area contributed by atoms with Crippen LogP contribution < -0.4 is 10.1 Å². The van der Waals surface area contributed by atoms with E-state index in [4.69, 9.17) is 16.3 Å². The Balaban J connectivity index is 2.02. The predicted molar refractivity (Wildman–Crippen MR) is 77.0 cm³/mol. The number of likely N-dealkylation sites (N-methyl/N-ethyl adjacent to an activating group) is 1. The van der Waals surface area contributed by atoms with Gasteiger partial charge in [0, 0.05) is 24.2 Å². The van der Waals surface area contributed by atoms with Crippen LogP contribution in [0.1, 0.15) is 18.4 Å². The van der Waals surface area contributed by atoms with E-state index in [0.29, 0.717) is 16.8 Å². The summed E-state index contributed by atoms with van der Waals surface area (Å²) in [5.74, 6) is 0.745. The third-order valence-corrected chi connectivity index (χ3v) is 3.81. The van der Waals surface area contributed by atoms with Crippen molar-refractivity contribution in [1.29, 1.82) is 0 Å². The molecule has 1 aliphatic rings. The van der Waals surface area contributed by atoms with Crippen LogP contribution in [0.2, 0.25) is 5.02 Å². The number of anilines is 1. The number of ether oxygens (including phenoxy) is 1. The maximum absolute atomic E-state index is 11.9. The molecule has 1 fully saturated rings. The minimum absolute atomic E-state index is 0.0946. The molecule has 2 rings (SSSR count). The van der Waals surface area contributed by atoms with E-state index in [-0.39, 0.29) is 12.5 Å². The van der Waals surface area contributed by atoms with E-state index in [1.807, 2.05) is 24.9 Å². The van der Waals surface area contributed by atoms with Gasteiger partial charge < -0.3 is 15.0 Å². The number of nitrogens with one attached hydrogen (secondary N) is 1. The number of hydrogen-bond donors (Lipinski definition) is 1. The summed E-state index contributed by atoms with van der Waals surface area (Å²) in [6, 6.07) is 4.09. The molecular weight excluding hydrogens is 264 g/mol. The second-order valence-electron chi connectivity index (χ2n) is 4.89. The minimum Gasteiger partial charge on any atom is -0.495 e. The van der Waals surface area contributed by atoms with Crippen LogP contribution in [0.15, 0.2) is 12.1 Å². The molecule has 1 aromatic carbocycles. The molecule has 1 amide bonds. The van der Waals surface area contributed by atoms with Crippen molar-refractivity contribution in [2.45, 2.75) is 25.8 Å². The molecule has 0 aromatic heterocycles. The summed E-state index contributed by atoms with van der Waals surface area (Å²) >= 11 is 6.04. The number of carbonyl (C=O) groups excluding carboxylic acids is 1. The van der Waals surface area contributed by atoms with Gasteiger partial charge in [-0.1, -0.05) is 11.6 Å². The average molecular weight is 283 g/mol. The highest BCUT2D eigenvalue weighted by Crippen LogP contribution is 2.31. The average Bonchev–Trinajstić information content (AvgIpc) is 3.22. The Labute approximate surface area is 118 Å². The molecule has 5 heteroatoms. The number of benzene rings is 1. The molecule has 0 bridgehead atoms. The summed E-state index contributed by atoms with van der Waals surface area (Å²) in [5, 5.41) is 3.78. The summed E-state index contributed by atoms with van der Waals surface area (Å²) in [5.41, 5.74) is 1.75. The van der Waals surface area contributed by atoms with Crippen LogP contribution in [0.3, 0.4) is 0 Å². The first-order valence-electron chi connectivity index (χ1n) is 6.36. The van der Waals surface area contributed by atoms with Crippen LogP contribution >= 0.6 is 11.6 Å². The van der Waals surface area contributed by atoms with Crippen LogP contribution in [-0.2, 0) is 4.79 Å². The Morgan fingerprint density at radius 3 is 2.79 bits per heavy atom. The molecular formula is C14H19ClN2O2. The molecule has 0 unspecified atom stereocenters. The summed E-state index contributed by atoms with van der Waals surface area (Å²) in [6.07, 6.45) is 2.23. The van der Waals surface area contributed by atoms with E-state index >= 15 is 0 Å². The van der Waals surface area contributed by atoms with Crippen LogP contribution in [0.4, 0.5) is 5.69 Å². The SMILES string of the molecule is COc1cc(Cl)c(C)cc1NCC(=O)N(C)C1CC1. The van der Waals surface area contributed by atoms with Crippen molar-refractivity contribution in [1.82, 2.24) is 4.90 Å². The molecule has 1 N–H and O–H groups in total. The van der Waals surface area contributed by atoms with Crippen molar-refractivity contribution in [3.63, 3.8) is 0 Å². The molecule has 0 spiro atoms. The van der Waals surface area contributed by atoms with Gasteiger partial charge in [0.2, 0.25) is 5.91 Å². The summed E-state index contributed by atoms with van der Waals surface area (Å²) < 4.78 is 5.26. The van der Waals surface area contributed by atoms with Crippen molar-refractivity contribution in [3.05, 3.63) is 22.7 Å². The number of nitrogens with zero attached hydrogens (tertiary/aromatic N) is 1. The summed E-state index contributed by atoms with van der Waals surface area (Å²) in [6.45, 7) is 2.19.